The van der Waals surface area contributed by atoms with Gasteiger partial charge in [0, 0.05) is 6.54 Å². The minimum absolute atomic E-state index is 0.613. The summed E-state index contributed by atoms with van der Waals surface area (Å²) < 4.78 is 4.21. The fraction of sp³-hybridized carbons (Fsp3) is 0.375. The quantitative estimate of drug-likeness (QED) is 0.566. The maximum Gasteiger partial charge on any atom is 0.243 e. The Morgan fingerprint density at radius 2 is 2.46 bits per heavy atom. The highest BCUT2D eigenvalue weighted by Gasteiger charge is 2.24. The molecule has 66 valence electrons. The van der Waals surface area contributed by atoms with Crippen molar-refractivity contribution in [3.8, 4) is 0 Å². The van der Waals surface area contributed by atoms with E-state index in [1.165, 1.54) is 0 Å². The normalized spacial score (nSPS) is 19.2. The Hall–Kier alpha value is -1.16. The molecule has 0 aromatic carbocycles. The Balaban J connectivity index is 2.06. The average Bonchev–Trinajstić information content (AvgIpc) is 2.36. The first-order valence-corrected chi connectivity index (χ1v) is 4.58. The molecule has 0 N–H and O–H groups in total. The zero-order valence-electron chi connectivity index (χ0n) is 6.94. The van der Waals surface area contributed by atoms with E-state index in [1.54, 1.807) is 6.33 Å². The molecule has 0 unspecified atom stereocenters. The lowest BCUT2D eigenvalue weighted by Gasteiger charge is -2.06. The number of aryl methyl sites for hydroxylation is 1. The second-order valence-corrected chi connectivity index (χ2v) is 3.57. The van der Waals surface area contributed by atoms with E-state index in [0.29, 0.717) is 5.15 Å². The SMILES string of the molecule is Clc1ncn2c1C[N+]1=C(CC2)N=C1. The third kappa shape index (κ3) is 0.951. The van der Waals surface area contributed by atoms with E-state index in [9.17, 15) is 0 Å². The molecule has 0 amide bonds. The maximum atomic E-state index is 5.96. The van der Waals surface area contributed by atoms with Gasteiger partial charge in [-0.05, 0) is 0 Å². The number of amidine groups is 1. The van der Waals surface area contributed by atoms with Crippen molar-refractivity contribution in [2.45, 2.75) is 19.5 Å². The van der Waals surface area contributed by atoms with Crippen LogP contribution in [0.1, 0.15) is 12.1 Å². The van der Waals surface area contributed by atoms with Gasteiger partial charge >= 0.3 is 0 Å². The largest absolute Gasteiger partial charge is 0.330 e. The van der Waals surface area contributed by atoms with Crippen LogP contribution in [0.4, 0.5) is 0 Å². The van der Waals surface area contributed by atoms with Gasteiger partial charge in [0.05, 0.1) is 18.4 Å². The zero-order valence-corrected chi connectivity index (χ0v) is 7.70. The van der Waals surface area contributed by atoms with Gasteiger partial charge in [-0.3, -0.25) is 0 Å². The van der Waals surface area contributed by atoms with Crippen LogP contribution in [0.5, 0.6) is 0 Å². The Morgan fingerprint density at radius 1 is 1.54 bits per heavy atom. The van der Waals surface area contributed by atoms with Crippen molar-refractivity contribution in [1.82, 2.24) is 9.55 Å². The lowest BCUT2D eigenvalue weighted by molar-refractivity contribution is -0.429. The molecule has 2 aliphatic rings. The lowest BCUT2D eigenvalue weighted by Crippen LogP contribution is -2.25. The molecule has 0 spiro atoms. The summed E-state index contributed by atoms with van der Waals surface area (Å²) >= 11 is 5.96. The van der Waals surface area contributed by atoms with Crippen LogP contribution in [0, 0.1) is 0 Å². The van der Waals surface area contributed by atoms with Crippen LogP contribution >= 0.6 is 11.6 Å². The highest BCUT2D eigenvalue weighted by molar-refractivity contribution is 6.30. The van der Waals surface area contributed by atoms with Crippen LogP contribution < -0.4 is 0 Å². The van der Waals surface area contributed by atoms with Gasteiger partial charge in [-0.15, -0.1) is 0 Å². The molecular formula is C8H8ClN4+. The van der Waals surface area contributed by atoms with Crippen molar-refractivity contribution in [3.05, 3.63) is 17.2 Å². The topological polar surface area (TPSA) is 33.2 Å². The van der Waals surface area contributed by atoms with Gasteiger partial charge in [-0.25, -0.2) is 9.56 Å². The molecule has 0 fully saturated rings. The number of imidazole rings is 1. The molecule has 0 saturated carbocycles. The van der Waals surface area contributed by atoms with Gasteiger partial charge in [0.1, 0.15) is 6.54 Å². The summed E-state index contributed by atoms with van der Waals surface area (Å²) in [5.74, 6) is 1.15. The number of hydrogen-bond acceptors (Lipinski definition) is 2. The molecular weight excluding hydrogens is 188 g/mol. The van der Waals surface area contributed by atoms with Crippen molar-refractivity contribution in [3.63, 3.8) is 0 Å². The van der Waals surface area contributed by atoms with E-state index in [1.807, 2.05) is 6.34 Å². The fourth-order valence-electron chi connectivity index (χ4n) is 1.67. The van der Waals surface area contributed by atoms with Crippen molar-refractivity contribution < 1.29 is 4.58 Å². The molecule has 1 aromatic heterocycles. The summed E-state index contributed by atoms with van der Waals surface area (Å²) in [6.45, 7) is 1.73. The number of rotatable bonds is 0. The van der Waals surface area contributed by atoms with Gasteiger partial charge in [0.2, 0.25) is 12.2 Å². The molecule has 1 aromatic rings. The third-order valence-corrected chi connectivity index (χ3v) is 2.79. The van der Waals surface area contributed by atoms with Crippen LogP contribution in [0.15, 0.2) is 11.3 Å². The maximum absolute atomic E-state index is 5.96. The molecule has 0 radical (unpaired) electrons. The van der Waals surface area contributed by atoms with Gasteiger partial charge < -0.3 is 4.57 Å². The van der Waals surface area contributed by atoms with Crippen LogP contribution in [-0.2, 0) is 13.1 Å². The van der Waals surface area contributed by atoms with E-state index in [-0.39, 0.29) is 0 Å². The predicted octanol–water partition coefficient (Wildman–Crippen LogP) is 0.893. The number of aromatic nitrogens is 2. The minimum atomic E-state index is 0.613. The lowest BCUT2D eigenvalue weighted by atomic mass is 10.3. The summed E-state index contributed by atoms with van der Waals surface area (Å²) in [7, 11) is 0. The molecule has 4 nitrogen and oxygen atoms in total. The molecule has 3 heterocycles. The first-order chi connectivity index (χ1) is 6.34. The molecule has 5 heteroatoms. The van der Waals surface area contributed by atoms with Crippen molar-refractivity contribution in [2.24, 2.45) is 4.99 Å². The molecule has 0 atom stereocenters. The Bertz CT molecular complexity index is 429. The first kappa shape index (κ1) is 7.26. The summed E-state index contributed by atoms with van der Waals surface area (Å²) in [6.07, 6.45) is 4.61. The smallest absolute Gasteiger partial charge is 0.243 e. The van der Waals surface area contributed by atoms with Gasteiger partial charge in [-0.1, -0.05) is 16.6 Å². The van der Waals surface area contributed by atoms with E-state index >= 15 is 0 Å². The molecule has 13 heavy (non-hydrogen) atoms. The van der Waals surface area contributed by atoms with Gasteiger partial charge in [0.15, 0.2) is 5.15 Å². The summed E-state index contributed by atoms with van der Waals surface area (Å²) in [4.78, 5) is 8.26. The Morgan fingerprint density at radius 3 is 3.23 bits per heavy atom. The van der Waals surface area contributed by atoms with Crippen molar-refractivity contribution >= 4 is 23.8 Å². The monoisotopic (exact) mass is 195 g/mol. The highest BCUT2D eigenvalue weighted by atomic mass is 35.5. The summed E-state index contributed by atoms with van der Waals surface area (Å²) in [6, 6.07) is 0. The number of fused-ring (bicyclic) bond motifs is 1. The zero-order chi connectivity index (χ0) is 8.84. The van der Waals surface area contributed by atoms with Crippen molar-refractivity contribution in [1.29, 1.82) is 0 Å². The molecule has 0 aliphatic carbocycles. The molecule has 2 aliphatic heterocycles. The summed E-state index contributed by atoms with van der Waals surface area (Å²) in [5.41, 5.74) is 1.09. The molecule has 0 bridgehead atoms. The standard InChI is InChI=1S/C8H8ClN4/c9-8-6-3-13-4-10-7(13)1-2-12(6)5-11-8/h4-5H,1-3H2/q+1. The molecule has 3 rings (SSSR count). The average molecular weight is 196 g/mol. The number of nitrogens with zero attached hydrogens (tertiary/aromatic N) is 4. The van der Waals surface area contributed by atoms with Crippen LogP contribution in [0.2, 0.25) is 5.15 Å². The predicted molar refractivity (Wildman–Crippen MR) is 49.3 cm³/mol. The van der Waals surface area contributed by atoms with E-state index in [4.69, 9.17) is 11.6 Å². The highest BCUT2D eigenvalue weighted by Crippen LogP contribution is 2.19. The Kier molecular flexibility index (Phi) is 1.35. The second-order valence-electron chi connectivity index (χ2n) is 3.21. The van der Waals surface area contributed by atoms with Crippen LogP contribution in [0.3, 0.4) is 0 Å². The second kappa shape index (κ2) is 2.42. The van der Waals surface area contributed by atoms with Crippen LogP contribution in [-0.4, -0.2) is 26.3 Å². The summed E-state index contributed by atoms with van der Waals surface area (Å²) in [5, 5.41) is 0.613. The number of halogens is 1. The number of aliphatic imine (C=N–C) groups is 1. The molecule has 0 saturated heterocycles. The third-order valence-electron chi connectivity index (χ3n) is 2.47. The fourth-order valence-corrected chi connectivity index (χ4v) is 1.89. The number of hydrogen-bond donors (Lipinski definition) is 0. The van der Waals surface area contributed by atoms with E-state index in [2.05, 4.69) is 19.1 Å². The van der Waals surface area contributed by atoms with Crippen molar-refractivity contribution in [2.75, 3.05) is 0 Å². The van der Waals surface area contributed by atoms with Gasteiger partial charge in [-0.2, -0.15) is 0 Å². The van der Waals surface area contributed by atoms with Gasteiger partial charge in [0.25, 0.3) is 0 Å². The van der Waals surface area contributed by atoms with Crippen LogP contribution in [0.25, 0.3) is 0 Å². The van der Waals surface area contributed by atoms with E-state index < -0.39 is 0 Å². The Labute approximate surface area is 80.2 Å². The van der Waals surface area contributed by atoms with E-state index in [0.717, 1.165) is 31.0 Å². The minimum Gasteiger partial charge on any atom is -0.330 e. The first-order valence-electron chi connectivity index (χ1n) is 4.21.